The number of carboxylic acid groups (broad SMARTS) is 1. The van der Waals surface area contributed by atoms with Gasteiger partial charge in [-0.15, -0.1) is 0 Å². The van der Waals surface area contributed by atoms with Gasteiger partial charge in [-0.3, -0.25) is 4.79 Å². The van der Waals surface area contributed by atoms with E-state index in [-0.39, 0.29) is 24.8 Å². The van der Waals surface area contributed by atoms with Crippen LogP contribution in [0.1, 0.15) is 26.7 Å². The highest BCUT2D eigenvalue weighted by molar-refractivity contribution is 5.86. The summed E-state index contributed by atoms with van der Waals surface area (Å²) >= 11 is 0. The molecule has 0 atom stereocenters. The molecule has 0 spiro atoms. The zero-order valence-electron chi connectivity index (χ0n) is 11.5. The summed E-state index contributed by atoms with van der Waals surface area (Å²) in [6.45, 7) is 3.08. The second-order valence-electron chi connectivity index (χ2n) is 4.89. The van der Waals surface area contributed by atoms with Crippen LogP contribution in [0, 0.1) is 5.82 Å². The molecule has 20 heavy (non-hydrogen) atoms. The molecular formula is C14H18FNO4. The summed E-state index contributed by atoms with van der Waals surface area (Å²) in [6.07, 6.45) is 0.560. The number of carbonyl (C=O) groups is 2. The largest absolute Gasteiger partial charge is 0.493 e. The maximum absolute atomic E-state index is 12.9. The summed E-state index contributed by atoms with van der Waals surface area (Å²) in [4.78, 5) is 22.4. The third-order valence-electron chi connectivity index (χ3n) is 2.60. The summed E-state index contributed by atoms with van der Waals surface area (Å²) in [6, 6.07) is 5.73. The Hall–Kier alpha value is -2.11. The van der Waals surface area contributed by atoms with Crippen LogP contribution in [0.25, 0.3) is 0 Å². The standard InChI is InChI=1S/C14H18FNO4/c1-14(2,13(18)19)16-12(17)7-4-8-20-11-6-3-5-10(15)9-11/h3,5-6,9H,4,7-8H2,1-2H3,(H,16,17)(H,18,19). The molecule has 0 unspecified atom stereocenters. The van der Waals surface area contributed by atoms with Crippen molar-refractivity contribution in [2.24, 2.45) is 0 Å². The average Bonchev–Trinajstić information content (AvgIpc) is 2.34. The molecule has 6 heteroatoms. The fourth-order valence-corrected chi connectivity index (χ4v) is 1.44. The number of benzene rings is 1. The number of carbonyl (C=O) groups excluding carboxylic acids is 1. The Morgan fingerprint density at radius 2 is 2.10 bits per heavy atom. The van der Waals surface area contributed by atoms with E-state index in [4.69, 9.17) is 9.84 Å². The van der Waals surface area contributed by atoms with Gasteiger partial charge in [0.25, 0.3) is 0 Å². The molecule has 1 amide bonds. The van der Waals surface area contributed by atoms with Crippen LogP contribution in [0.5, 0.6) is 5.75 Å². The van der Waals surface area contributed by atoms with E-state index in [0.29, 0.717) is 12.2 Å². The Bertz CT molecular complexity index is 488. The van der Waals surface area contributed by atoms with Crippen LogP contribution in [0.15, 0.2) is 24.3 Å². The lowest BCUT2D eigenvalue weighted by Gasteiger charge is -2.20. The number of amides is 1. The van der Waals surface area contributed by atoms with Crippen molar-refractivity contribution in [3.05, 3.63) is 30.1 Å². The minimum Gasteiger partial charge on any atom is -0.493 e. The van der Waals surface area contributed by atoms with Crippen molar-refractivity contribution in [3.8, 4) is 5.75 Å². The molecule has 1 rings (SSSR count). The number of nitrogens with one attached hydrogen (secondary N) is 1. The zero-order valence-corrected chi connectivity index (χ0v) is 11.5. The zero-order chi connectivity index (χ0) is 15.2. The van der Waals surface area contributed by atoms with Crippen LogP contribution in [0.2, 0.25) is 0 Å². The van der Waals surface area contributed by atoms with Gasteiger partial charge in [0.05, 0.1) is 6.61 Å². The maximum Gasteiger partial charge on any atom is 0.328 e. The molecular weight excluding hydrogens is 265 g/mol. The Morgan fingerprint density at radius 3 is 2.70 bits per heavy atom. The molecule has 0 fully saturated rings. The molecule has 0 aliphatic heterocycles. The average molecular weight is 283 g/mol. The molecule has 1 aromatic rings. The van der Waals surface area contributed by atoms with Gasteiger partial charge in [-0.1, -0.05) is 6.07 Å². The Labute approximate surface area is 116 Å². The SMILES string of the molecule is CC(C)(NC(=O)CCCOc1cccc(F)c1)C(=O)O. The number of aliphatic carboxylic acids is 1. The lowest BCUT2D eigenvalue weighted by atomic mass is 10.1. The van der Waals surface area contributed by atoms with Gasteiger partial charge in [0.1, 0.15) is 17.1 Å². The number of carboxylic acids is 1. The molecule has 0 bridgehead atoms. The first-order valence-electron chi connectivity index (χ1n) is 6.24. The van der Waals surface area contributed by atoms with E-state index in [9.17, 15) is 14.0 Å². The highest BCUT2D eigenvalue weighted by Crippen LogP contribution is 2.12. The first-order chi connectivity index (χ1) is 9.31. The summed E-state index contributed by atoms with van der Waals surface area (Å²) in [5.41, 5.74) is -1.29. The second-order valence-corrected chi connectivity index (χ2v) is 4.89. The molecule has 0 aliphatic carbocycles. The Morgan fingerprint density at radius 1 is 1.40 bits per heavy atom. The molecule has 0 radical (unpaired) electrons. The van der Waals surface area contributed by atoms with E-state index < -0.39 is 11.5 Å². The first kappa shape index (κ1) is 15.9. The molecule has 0 aromatic heterocycles. The van der Waals surface area contributed by atoms with E-state index in [1.807, 2.05) is 0 Å². The molecule has 110 valence electrons. The quantitative estimate of drug-likeness (QED) is 0.750. The number of ether oxygens (including phenoxy) is 1. The van der Waals surface area contributed by atoms with Crippen LogP contribution in [0.4, 0.5) is 4.39 Å². The highest BCUT2D eigenvalue weighted by Gasteiger charge is 2.28. The summed E-state index contributed by atoms with van der Waals surface area (Å²) in [5.74, 6) is -1.44. The summed E-state index contributed by atoms with van der Waals surface area (Å²) < 4.78 is 18.1. The van der Waals surface area contributed by atoms with Crippen molar-refractivity contribution in [3.63, 3.8) is 0 Å². The first-order valence-corrected chi connectivity index (χ1v) is 6.24. The molecule has 5 nitrogen and oxygen atoms in total. The van der Waals surface area contributed by atoms with Crippen LogP contribution < -0.4 is 10.1 Å². The number of hydrogen-bond donors (Lipinski definition) is 2. The van der Waals surface area contributed by atoms with Gasteiger partial charge in [-0.2, -0.15) is 0 Å². The van der Waals surface area contributed by atoms with Gasteiger partial charge in [-0.05, 0) is 32.4 Å². The smallest absolute Gasteiger partial charge is 0.328 e. The Balaban J connectivity index is 2.28. The Kier molecular flexibility index (Phi) is 5.49. The number of halogens is 1. The minimum absolute atomic E-state index is 0.145. The van der Waals surface area contributed by atoms with Crippen molar-refractivity contribution in [2.45, 2.75) is 32.2 Å². The topological polar surface area (TPSA) is 75.6 Å². The van der Waals surface area contributed by atoms with Crippen LogP contribution in [0.3, 0.4) is 0 Å². The van der Waals surface area contributed by atoms with E-state index in [1.54, 1.807) is 6.07 Å². The molecule has 1 aromatic carbocycles. The predicted octanol–water partition coefficient (Wildman–Crippen LogP) is 1.96. The van der Waals surface area contributed by atoms with Crippen molar-refractivity contribution in [1.82, 2.24) is 5.32 Å². The van der Waals surface area contributed by atoms with Gasteiger partial charge >= 0.3 is 5.97 Å². The van der Waals surface area contributed by atoms with Crippen LogP contribution >= 0.6 is 0 Å². The van der Waals surface area contributed by atoms with E-state index >= 15 is 0 Å². The minimum atomic E-state index is -1.29. The van der Waals surface area contributed by atoms with Crippen molar-refractivity contribution >= 4 is 11.9 Å². The van der Waals surface area contributed by atoms with Gasteiger partial charge in [0.15, 0.2) is 0 Å². The van der Waals surface area contributed by atoms with Crippen LogP contribution in [-0.2, 0) is 9.59 Å². The van der Waals surface area contributed by atoms with E-state index in [2.05, 4.69) is 5.32 Å². The van der Waals surface area contributed by atoms with E-state index in [1.165, 1.54) is 32.0 Å². The molecule has 0 saturated carbocycles. The second kappa shape index (κ2) is 6.88. The van der Waals surface area contributed by atoms with Crippen molar-refractivity contribution in [1.29, 1.82) is 0 Å². The summed E-state index contributed by atoms with van der Waals surface area (Å²) in [5, 5.41) is 11.3. The van der Waals surface area contributed by atoms with Crippen LogP contribution in [-0.4, -0.2) is 29.1 Å². The highest BCUT2D eigenvalue weighted by atomic mass is 19.1. The van der Waals surface area contributed by atoms with Gasteiger partial charge in [0.2, 0.25) is 5.91 Å². The fourth-order valence-electron chi connectivity index (χ4n) is 1.44. The number of rotatable bonds is 7. The van der Waals surface area contributed by atoms with E-state index in [0.717, 1.165) is 0 Å². The third-order valence-corrected chi connectivity index (χ3v) is 2.60. The molecule has 2 N–H and O–H groups in total. The van der Waals surface area contributed by atoms with Crippen molar-refractivity contribution in [2.75, 3.05) is 6.61 Å². The number of hydrogen-bond acceptors (Lipinski definition) is 3. The van der Waals surface area contributed by atoms with Gasteiger partial charge in [-0.25, -0.2) is 9.18 Å². The fraction of sp³-hybridized carbons (Fsp3) is 0.429. The lowest BCUT2D eigenvalue weighted by molar-refractivity contribution is -0.146. The maximum atomic E-state index is 12.9. The lowest BCUT2D eigenvalue weighted by Crippen LogP contribution is -2.49. The third kappa shape index (κ3) is 5.26. The predicted molar refractivity (Wildman–Crippen MR) is 71.0 cm³/mol. The summed E-state index contributed by atoms with van der Waals surface area (Å²) in [7, 11) is 0. The van der Waals surface area contributed by atoms with Gasteiger partial charge < -0.3 is 15.2 Å². The molecule has 0 heterocycles. The molecule has 0 saturated heterocycles. The normalized spacial score (nSPS) is 10.9. The van der Waals surface area contributed by atoms with Gasteiger partial charge in [0, 0.05) is 12.5 Å². The molecule has 0 aliphatic rings. The van der Waals surface area contributed by atoms with Crippen molar-refractivity contribution < 1.29 is 23.8 Å². The monoisotopic (exact) mass is 283 g/mol.